The number of alkyl halides is 14. The SMILES string of the molecule is CC(C)COC(=O)C(CCCCNC(=O)C(F)(F)C(F)(F)C(F)(F)F)NC(=O)C(F)(F)C(F)(F)C(F)(F)F. The Morgan fingerprint density at radius 3 is 1.50 bits per heavy atom. The molecule has 0 aromatic heterocycles. The number of ether oxygens (including phenoxy) is 1. The summed E-state index contributed by atoms with van der Waals surface area (Å²) in [5.74, 6) is -34.6. The first kappa shape index (κ1) is 35.4. The lowest BCUT2D eigenvalue weighted by Gasteiger charge is -2.28. The lowest BCUT2D eigenvalue weighted by atomic mass is 10.1. The maximum absolute atomic E-state index is 13.6. The predicted octanol–water partition coefficient (Wildman–Crippen LogP) is 4.62. The van der Waals surface area contributed by atoms with Gasteiger partial charge in [-0.25, -0.2) is 4.79 Å². The highest BCUT2D eigenvalue weighted by Gasteiger charge is 2.77. The Balaban J connectivity index is 5.36. The second-order valence-corrected chi connectivity index (χ2v) is 8.09. The number of carbonyl (C=O) groups excluding carboxylic acids is 3. The summed E-state index contributed by atoms with van der Waals surface area (Å²) in [6.07, 6.45) is -15.9. The lowest BCUT2D eigenvalue weighted by Crippen LogP contribution is -2.61. The molecule has 0 saturated heterocycles. The standard InChI is InChI=1S/C18H20F14N2O4/c1-8(2)7-38-10(35)9(34-12(37)14(21,22)16(25,26)18(30,31)32)5-3-4-6-33-11(36)13(19,20)15(23,24)17(27,28)29/h8-9H,3-7H2,1-2H3,(H,33,36)(H,34,37). The molecular formula is C18H20F14N2O4. The average molecular weight is 594 g/mol. The van der Waals surface area contributed by atoms with E-state index in [-0.39, 0.29) is 0 Å². The van der Waals surface area contributed by atoms with Gasteiger partial charge in [-0.2, -0.15) is 61.5 Å². The van der Waals surface area contributed by atoms with Crippen LogP contribution in [-0.2, 0) is 19.1 Å². The van der Waals surface area contributed by atoms with Crippen LogP contribution in [0.1, 0.15) is 33.1 Å². The number of carbonyl (C=O) groups is 3. The van der Waals surface area contributed by atoms with Crippen molar-refractivity contribution in [2.45, 2.75) is 75.2 Å². The third-order valence-corrected chi connectivity index (χ3v) is 4.42. The van der Waals surface area contributed by atoms with Crippen molar-refractivity contribution in [3.63, 3.8) is 0 Å². The van der Waals surface area contributed by atoms with Crippen LogP contribution in [0.25, 0.3) is 0 Å². The van der Waals surface area contributed by atoms with Crippen molar-refractivity contribution in [3.8, 4) is 0 Å². The molecule has 0 fully saturated rings. The summed E-state index contributed by atoms with van der Waals surface area (Å²) < 4.78 is 183. The molecule has 0 bridgehead atoms. The third-order valence-electron chi connectivity index (χ3n) is 4.42. The summed E-state index contributed by atoms with van der Waals surface area (Å²) in [5.41, 5.74) is 0. The van der Waals surface area contributed by atoms with E-state index in [1.165, 1.54) is 13.8 Å². The van der Waals surface area contributed by atoms with E-state index in [9.17, 15) is 75.8 Å². The number of hydrogen-bond donors (Lipinski definition) is 2. The highest BCUT2D eigenvalue weighted by molar-refractivity contribution is 5.89. The zero-order valence-electron chi connectivity index (χ0n) is 19.1. The van der Waals surface area contributed by atoms with Gasteiger partial charge in [0.1, 0.15) is 6.04 Å². The number of esters is 1. The normalized spacial score (nSPS) is 14.8. The minimum absolute atomic E-state index is 0.419. The maximum atomic E-state index is 13.6. The zero-order chi connectivity index (χ0) is 30.5. The van der Waals surface area contributed by atoms with Gasteiger partial charge in [-0.3, -0.25) is 9.59 Å². The first-order chi connectivity index (χ1) is 16.7. The average Bonchev–Trinajstić information content (AvgIpc) is 2.73. The molecule has 0 aliphatic heterocycles. The molecule has 2 N–H and O–H groups in total. The molecule has 1 unspecified atom stereocenters. The minimum atomic E-state index is -6.88. The molecule has 1 atom stereocenters. The fourth-order valence-electron chi connectivity index (χ4n) is 2.27. The summed E-state index contributed by atoms with van der Waals surface area (Å²) >= 11 is 0. The van der Waals surface area contributed by atoms with E-state index in [2.05, 4.69) is 4.74 Å². The molecule has 0 aromatic carbocycles. The van der Waals surface area contributed by atoms with Crippen LogP contribution in [0.2, 0.25) is 0 Å². The molecule has 0 aromatic rings. The van der Waals surface area contributed by atoms with Gasteiger partial charge in [-0.15, -0.1) is 0 Å². The van der Waals surface area contributed by atoms with Crippen molar-refractivity contribution in [3.05, 3.63) is 0 Å². The van der Waals surface area contributed by atoms with Gasteiger partial charge in [-0.05, 0) is 25.2 Å². The van der Waals surface area contributed by atoms with Gasteiger partial charge < -0.3 is 15.4 Å². The van der Waals surface area contributed by atoms with Gasteiger partial charge in [0.25, 0.3) is 11.8 Å². The van der Waals surface area contributed by atoms with E-state index in [0.717, 1.165) is 10.6 Å². The summed E-state index contributed by atoms with van der Waals surface area (Å²) in [7, 11) is 0. The molecule has 0 heterocycles. The monoisotopic (exact) mass is 594 g/mol. The Morgan fingerprint density at radius 2 is 1.11 bits per heavy atom. The van der Waals surface area contributed by atoms with Crippen LogP contribution < -0.4 is 10.6 Å². The Kier molecular flexibility index (Phi) is 11.3. The molecule has 0 saturated carbocycles. The fraction of sp³-hybridized carbons (Fsp3) is 0.833. The molecule has 0 aliphatic carbocycles. The van der Waals surface area contributed by atoms with Crippen LogP contribution in [0.4, 0.5) is 61.5 Å². The zero-order valence-corrected chi connectivity index (χ0v) is 19.1. The number of halogens is 14. The van der Waals surface area contributed by atoms with Crippen molar-refractivity contribution in [2.24, 2.45) is 5.92 Å². The Hall–Kier alpha value is -2.57. The molecule has 2 amide bonds. The fourth-order valence-corrected chi connectivity index (χ4v) is 2.27. The molecule has 224 valence electrons. The van der Waals surface area contributed by atoms with Crippen LogP contribution in [0.5, 0.6) is 0 Å². The topological polar surface area (TPSA) is 84.5 Å². The summed E-state index contributed by atoms with van der Waals surface area (Å²) in [4.78, 5) is 34.7. The summed E-state index contributed by atoms with van der Waals surface area (Å²) in [6.45, 7) is 1.39. The van der Waals surface area contributed by atoms with Crippen LogP contribution in [0.3, 0.4) is 0 Å². The van der Waals surface area contributed by atoms with Crippen molar-refractivity contribution < 1.29 is 80.6 Å². The first-order valence-corrected chi connectivity index (χ1v) is 10.2. The van der Waals surface area contributed by atoms with E-state index >= 15 is 0 Å². The van der Waals surface area contributed by atoms with Crippen molar-refractivity contribution in [1.82, 2.24) is 10.6 Å². The largest absolute Gasteiger partial charge is 0.464 e. The van der Waals surface area contributed by atoms with Crippen LogP contribution in [0.15, 0.2) is 0 Å². The van der Waals surface area contributed by atoms with E-state index in [1.807, 2.05) is 0 Å². The van der Waals surface area contributed by atoms with E-state index in [0.29, 0.717) is 0 Å². The Labute approximate surface area is 204 Å². The van der Waals surface area contributed by atoms with Crippen LogP contribution in [0, 0.1) is 5.92 Å². The van der Waals surface area contributed by atoms with E-state index < -0.39 is 98.2 Å². The van der Waals surface area contributed by atoms with E-state index in [4.69, 9.17) is 0 Å². The summed E-state index contributed by atoms with van der Waals surface area (Å²) in [5, 5.41) is 1.97. The highest BCUT2D eigenvalue weighted by atomic mass is 19.4. The second-order valence-electron chi connectivity index (χ2n) is 8.09. The van der Waals surface area contributed by atoms with Gasteiger partial charge in [0.2, 0.25) is 0 Å². The quantitative estimate of drug-likeness (QED) is 0.185. The minimum Gasteiger partial charge on any atom is -0.464 e. The van der Waals surface area contributed by atoms with Gasteiger partial charge in [-0.1, -0.05) is 13.8 Å². The van der Waals surface area contributed by atoms with Crippen molar-refractivity contribution in [2.75, 3.05) is 13.2 Å². The maximum Gasteiger partial charge on any atom is 0.460 e. The highest BCUT2D eigenvalue weighted by Crippen LogP contribution is 2.47. The second kappa shape index (κ2) is 12.1. The number of amides is 2. The van der Waals surface area contributed by atoms with E-state index in [1.54, 1.807) is 0 Å². The van der Waals surface area contributed by atoms with Gasteiger partial charge in [0, 0.05) is 6.54 Å². The Morgan fingerprint density at radius 1 is 0.684 bits per heavy atom. The van der Waals surface area contributed by atoms with Crippen molar-refractivity contribution >= 4 is 17.8 Å². The van der Waals surface area contributed by atoms with Crippen molar-refractivity contribution in [1.29, 1.82) is 0 Å². The molecule has 0 aliphatic rings. The molecule has 6 nitrogen and oxygen atoms in total. The van der Waals surface area contributed by atoms with Crippen LogP contribution in [-0.4, -0.2) is 73.0 Å². The molecule has 20 heteroatoms. The van der Waals surface area contributed by atoms with Gasteiger partial charge in [0.05, 0.1) is 6.61 Å². The smallest absolute Gasteiger partial charge is 0.460 e. The number of nitrogens with one attached hydrogen (secondary N) is 2. The molecule has 38 heavy (non-hydrogen) atoms. The number of hydrogen-bond acceptors (Lipinski definition) is 4. The lowest BCUT2D eigenvalue weighted by molar-refractivity contribution is -0.344. The molecule has 0 spiro atoms. The molecular weight excluding hydrogens is 574 g/mol. The Bertz CT molecular complexity index is 840. The summed E-state index contributed by atoms with van der Waals surface area (Å²) in [6, 6.07) is -2.32. The van der Waals surface area contributed by atoms with Crippen LogP contribution >= 0.6 is 0 Å². The molecule has 0 radical (unpaired) electrons. The molecule has 0 rings (SSSR count). The predicted molar refractivity (Wildman–Crippen MR) is 96.5 cm³/mol. The first-order valence-electron chi connectivity index (χ1n) is 10.2. The third kappa shape index (κ3) is 7.97. The van der Waals surface area contributed by atoms with Gasteiger partial charge >= 0.3 is 42.0 Å². The van der Waals surface area contributed by atoms with Gasteiger partial charge in [0.15, 0.2) is 0 Å². The number of unbranched alkanes of at least 4 members (excludes halogenated alkanes) is 1. The number of rotatable bonds is 13.